The third-order valence-electron chi connectivity index (χ3n) is 2.32. The molecule has 0 radical (unpaired) electrons. The number of hydrogen-bond donors (Lipinski definition) is 2. The molecule has 0 aliphatic carbocycles. The summed E-state index contributed by atoms with van der Waals surface area (Å²) in [5.74, 6) is 0.878. The van der Waals surface area contributed by atoms with E-state index in [1.165, 1.54) is 0 Å². The Bertz CT molecular complexity index is 299. The van der Waals surface area contributed by atoms with Gasteiger partial charge < -0.3 is 15.2 Å². The summed E-state index contributed by atoms with van der Waals surface area (Å²) < 4.78 is 5.27. The molecule has 0 fully saturated rings. The Hall–Kier alpha value is -1.06. The highest BCUT2D eigenvalue weighted by Crippen LogP contribution is 2.23. The van der Waals surface area contributed by atoms with Gasteiger partial charge in [0.25, 0.3) is 0 Å². The lowest BCUT2D eigenvalue weighted by Gasteiger charge is -2.17. The smallest absolute Gasteiger partial charge is 0.123 e. The molecule has 0 saturated carbocycles. The third-order valence-corrected chi connectivity index (χ3v) is 2.32. The highest BCUT2D eigenvalue weighted by atomic mass is 16.5. The molecule has 0 amide bonds. The van der Waals surface area contributed by atoms with Crippen LogP contribution in [0.2, 0.25) is 0 Å². The minimum atomic E-state index is -0.331. The molecular weight excluding hydrogens is 190 g/mol. The third kappa shape index (κ3) is 3.53. The molecule has 1 aromatic rings. The van der Waals surface area contributed by atoms with Crippen LogP contribution in [0.1, 0.15) is 25.5 Å². The topological polar surface area (TPSA) is 41.5 Å². The van der Waals surface area contributed by atoms with Crippen LogP contribution < -0.4 is 10.1 Å². The number of methoxy groups -OCH3 is 1. The van der Waals surface area contributed by atoms with Gasteiger partial charge in [0.15, 0.2) is 0 Å². The van der Waals surface area contributed by atoms with Crippen molar-refractivity contribution in [1.29, 1.82) is 0 Å². The summed E-state index contributed by atoms with van der Waals surface area (Å²) in [6.07, 6.45) is -0.331. The minimum absolute atomic E-state index is 0.177. The Morgan fingerprint density at radius 3 is 2.60 bits per heavy atom. The molecule has 2 N–H and O–H groups in total. The first-order valence-corrected chi connectivity index (χ1v) is 5.19. The number of ether oxygens (including phenoxy) is 1. The first kappa shape index (κ1) is 12.0. The number of benzene rings is 1. The molecule has 15 heavy (non-hydrogen) atoms. The molecule has 84 valence electrons. The zero-order valence-electron chi connectivity index (χ0n) is 9.53. The van der Waals surface area contributed by atoms with Gasteiger partial charge in [0, 0.05) is 18.2 Å². The number of hydrogen-bond acceptors (Lipinski definition) is 3. The number of para-hydroxylation sites is 1. The zero-order chi connectivity index (χ0) is 11.3. The Labute approximate surface area is 91.1 Å². The van der Waals surface area contributed by atoms with Gasteiger partial charge in [-0.3, -0.25) is 0 Å². The van der Waals surface area contributed by atoms with E-state index >= 15 is 0 Å². The van der Waals surface area contributed by atoms with Gasteiger partial charge in [-0.25, -0.2) is 0 Å². The van der Waals surface area contributed by atoms with E-state index in [1.54, 1.807) is 14.0 Å². The molecule has 0 aliphatic heterocycles. The second-order valence-corrected chi connectivity index (χ2v) is 3.72. The average molecular weight is 209 g/mol. The minimum Gasteiger partial charge on any atom is -0.496 e. The van der Waals surface area contributed by atoms with Crippen LogP contribution in [-0.2, 0) is 0 Å². The number of aliphatic hydroxyl groups is 1. The standard InChI is InChI=1S/C12H19NO2/c1-9(14)8-13-10(2)11-6-4-5-7-12(11)15-3/h4-7,9-10,13-14H,8H2,1-3H3/t9-,10?/m1/s1. The van der Waals surface area contributed by atoms with Gasteiger partial charge in [-0.2, -0.15) is 0 Å². The lowest BCUT2D eigenvalue weighted by atomic mass is 10.1. The van der Waals surface area contributed by atoms with E-state index in [1.807, 2.05) is 24.3 Å². The molecular formula is C12H19NO2. The van der Waals surface area contributed by atoms with Gasteiger partial charge in [-0.05, 0) is 19.9 Å². The fourth-order valence-corrected chi connectivity index (χ4v) is 1.48. The van der Waals surface area contributed by atoms with Crippen molar-refractivity contribution in [2.45, 2.75) is 26.0 Å². The maximum atomic E-state index is 9.18. The van der Waals surface area contributed by atoms with Crippen LogP contribution in [0.15, 0.2) is 24.3 Å². The van der Waals surface area contributed by atoms with Crippen LogP contribution in [0.4, 0.5) is 0 Å². The Morgan fingerprint density at radius 1 is 1.33 bits per heavy atom. The summed E-state index contributed by atoms with van der Waals surface area (Å²) in [7, 11) is 1.67. The lowest BCUT2D eigenvalue weighted by Crippen LogP contribution is -2.27. The molecule has 0 aliphatic rings. The number of rotatable bonds is 5. The van der Waals surface area contributed by atoms with Crippen molar-refractivity contribution < 1.29 is 9.84 Å². The van der Waals surface area contributed by atoms with Crippen molar-refractivity contribution in [3.05, 3.63) is 29.8 Å². The normalized spacial score (nSPS) is 14.7. The summed E-state index contributed by atoms with van der Waals surface area (Å²) in [5, 5.41) is 12.4. The van der Waals surface area contributed by atoms with Crippen molar-refractivity contribution >= 4 is 0 Å². The molecule has 2 atom stereocenters. The van der Waals surface area contributed by atoms with E-state index in [0.717, 1.165) is 11.3 Å². The molecule has 0 spiro atoms. The largest absolute Gasteiger partial charge is 0.496 e. The molecule has 1 rings (SSSR count). The van der Waals surface area contributed by atoms with Crippen LogP contribution in [0.3, 0.4) is 0 Å². The monoisotopic (exact) mass is 209 g/mol. The van der Waals surface area contributed by atoms with E-state index in [0.29, 0.717) is 6.54 Å². The second kappa shape index (κ2) is 5.73. The van der Waals surface area contributed by atoms with E-state index in [2.05, 4.69) is 12.2 Å². The highest BCUT2D eigenvalue weighted by Gasteiger charge is 2.10. The van der Waals surface area contributed by atoms with Crippen molar-refractivity contribution in [1.82, 2.24) is 5.32 Å². The molecule has 1 aromatic carbocycles. The SMILES string of the molecule is COc1ccccc1C(C)NC[C@@H](C)O. The Morgan fingerprint density at radius 2 is 2.00 bits per heavy atom. The average Bonchev–Trinajstić information content (AvgIpc) is 2.25. The summed E-state index contributed by atoms with van der Waals surface area (Å²) >= 11 is 0. The highest BCUT2D eigenvalue weighted by molar-refractivity contribution is 5.35. The fraction of sp³-hybridized carbons (Fsp3) is 0.500. The quantitative estimate of drug-likeness (QED) is 0.776. The van der Waals surface area contributed by atoms with Gasteiger partial charge in [-0.1, -0.05) is 18.2 Å². The zero-order valence-corrected chi connectivity index (χ0v) is 9.53. The van der Waals surface area contributed by atoms with Gasteiger partial charge in [0.2, 0.25) is 0 Å². The first-order chi connectivity index (χ1) is 7.15. The molecule has 0 heterocycles. The second-order valence-electron chi connectivity index (χ2n) is 3.72. The molecule has 1 unspecified atom stereocenters. The van der Waals surface area contributed by atoms with E-state index in [-0.39, 0.29) is 12.1 Å². The van der Waals surface area contributed by atoms with Crippen molar-refractivity contribution in [2.75, 3.05) is 13.7 Å². The molecule has 0 aromatic heterocycles. The molecule has 0 bridgehead atoms. The Kier molecular flexibility index (Phi) is 4.59. The van der Waals surface area contributed by atoms with Crippen LogP contribution in [0.25, 0.3) is 0 Å². The summed E-state index contributed by atoms with van der Waals surface area (Å²) in [6, 6.07) is 8.08. The van der Waals surface area contributed by atoms with Crippen LogP contribution >= 0.6 is 0 Å². The van der Waals surface area contributed by atoms with E-state index in [9.17, 15) is 5.11 Å². The van der Waals surface area contributed by atoms with Crippen LogP contribution in [0, 0.1) is 0 Å². The molecule has 3 heteroatoms. The number of aliphatic hydroxyl groups excluding tert-OH is 1. The van der Waals surface area contributed by atoms with Gasteiger partial charge in [-0.15, -0.1) is 0 Å². The van der Waals surface area contributed by atoms with Gasteiger partial charge in [0.1, 0.15) is 5.75 Å². The number of nitrogens with one attached hydrogen (secondary N) is 1. The Balaban J connectivity index is 2.68. The van der Waals surface area contributed by atoms with Crippen LogP contribution in [-0.4, -0.2) is 24.9 Å². The van der Waals surface area contributed by atoms with Gasteiger partial charge >= 0.3 is 0 Å². The maximum Gasteiger partial charge on any atom is 0.123 e. The van der Waals surface area contributed by atoms with Crippen molar-refractivity contribution in [2.24, 2.45) is 0 Å². The van der Waals surface area contributed by atoms with Crippen molar-refractivity contribution in [3.63, 3.8) is 0 Å². The fourth-order valence-electron chi connectivity index (χ4n) is 1.48. The summed E-state index contributed by atoms with van der Waals surface area (Å²) in [5.41, 5.74) is 1.11. The van der Waals surface area contributed by atoms with E-state index < -0.39 is 0 Å². The van der Waals surface area contributed by atoms with E-state index in [4.69, 9.17) is 4.74 Å². The summed E-state index contributed by atoms with van der Waals surface area (Å²) in [6.45, 7) is 4.40. The van der Waals surface area contributed by atoms with Gasteiger partial charge in [0.05, 0.1) is 13.2 Å². The maximum absolute atomic E-state index is 9.18. The molecule has 0 saturated heterocycles. The predicted molar refractivity (Wildman–Crippen MR) is 61.1 cm³/mol. The van der Waals surface area contributed by atoms with Crippen molar-refractivity contribution in [3.8, 4) is 5.75 Å². The lowest BCUT2D eigenvalue weighted by molar-refractivity contribution is 0.187. The molecule has 3 nitrogen and oxygen atoms in total. The predicted octanol–water partition coefficient (Wildman–Crippen LogP) is 1.73. The summed E-state index contributed by atoms with van der Waals surface area (Å²) in [4.78, 5) is 0. The van der Waals surface area contributed by atoms with Crippen LogP contribution in [0.5, 0.6) is 5.75 Å². The first-order valence-electron chi connectivity index (χ1n) is 5.19.